The quantitative estimate of drug-likeness (QED) is 0.820. The van der Waals surface area contributed by atoms with Crippen LogP contribution in [0.4, 0.5) is 0 Å². The standard InChI is InChI=1S/C9H12O.C7H12N2/c1-7-5-4-6-9(10-3)8(7)2;1-4-9-7(3)5-6(2)8-9/h4-6H,1-3H3;5H,4H2,1-3H3. The minimum atomic E-state index is 0.972. The average Bonchev–Trinajstić information content (AvgIpc) is 2.72. The number of hydrogen-bond acceptors (Lipinski definition) is 2. The van der Waals surface area contributed by atoms with E-state index in [1.807, 2.05) is 23.7 Å². The van der Waals surface area contributed by atoms with Crippen LogP contribution in [0.2, 0.25) is 0 Å². The first-order chi connectivity index (χ1) is 8.99. The van der Waals surface area contributed by atoms with Crippen molar-refractivity contribution in [1.82, 2.24) is 9.78 Å². The second-order valence-corrected chi connectivity index (χ2v) is 4.65. The molecule has 2 aromatic rings. The molecule has 0 radical (unpaired) electrons. The van der Waals surface area contributed by atoms with Crippen LogP contribution in [-0.2, 0) is 6.54 Å². The molecule has 0 saturated heterocycles. The number of aromatic nitrogens is 2. The summed E-state index contributed by atoms with van der Waals surface area (Å²) in [6.07, 6.45) is 0. The lowest BCUT2D eigenvalue weighted by atomic mass is 10.1. The molecule has 1 heterocycles. The molecule has 0 unspecified atom stereocenters. The summed E-state index contributed by atoms with van der Waals surface area (Å²) in [5, 5.41) is 4.25. The van der Waals surface area contributed by atoms with E-state index in [0.29, 0.717) is 0 Å². The zero-order valence-corrected chi connectivity index (χ0v) is 12.8. The molecule has 19 heavy (non-hydrogen) atoms. The van der Waals surface area contributed by atoms with Crippen LogP contribution < -0.4 is 4.74 Å². The summed E-state index contributed by atoms with van der Waals surface area (Å²) in [7, 11) is 1.70. The smallest absolute Gasteiger partial charge is 0.122 e. The molecule has 0 amide bonds. The molecule has 3 heteroatoms. The minimum absolute atomic E-state index is 0.972. The van der Waals surface area contributed by atoms with Gasteiger partial charge in [0, 0.05) is 12.2 Å². The molecule has 3 nitrogen and oxygen atoms in total. The highest BCUT2D eigenvalue weighted by Gasteiger charge is 1.97. The van der Waals surface area contributed by atoms with Crippen LogP contribution in [0.5, 0.6) is 5.75 Å². The van der Waals surface area contributed by atoms with E-state index in [2.05, 4.69) is 44.9 Å². The molecule has 0 N–H and O–H groups in total. The summed E-state index contributed by atoms with van der Waals surface area (Å²) in [5.41, 5.74) is 4.86. The highest BCUT2D eigenvalue weighted by atomic mass is 16.5. The monoisotopic (exact) mass is 260 g/mol. The molecule has 2 rings (SSSR count). The van der Waals surface area contributed by atoms with Crippen LogP contribution in [0, 0.1) is 27.7 Å². The van der Waals surface area contributed by atoms with Gasteiger partial charge in [0.1, 0.15) is 5.75 Å². The largest absolute Gasteiger partial charge is 0.496 e. The van der Waals surface area contributed by atoms with Gasteiger partial charge in [0.15, 0.2) is 0 Å². The zero-order valence-electron chi connectivity index (χ0n) is 12.8. The molecule has 1 aromatic carbocycles. The molecule has 0 aliphatic rings. The van der Waals surface area contributed by atoms with E-state index in [4.69, 9.17) is 4.74 Å². The highest BCUT2D eigenvalue weighted by Crippen LogP contribution is 2.19. The van der Waals surface area contributed by atoms with Gasteiger partial charge in [0.25, 0.3) is 0 Å². The Morgan fingerprint density at radius 3 is 2.21 bits per heavy atom. The van der Waals surface area contributed by atoms with E-state index in [1.165, 1.54) is 16.8 Å². The van der Waals surface area contributed by atoms with Gasteiger partial charge in [0.2, 0.25) is 0 Å². The number of methoxy groups -OCH3 is 1. The fourth-order valence-electron chi connectivity index (χ4n) is 1.94. The van der Waals surface area contributed by atoms with Crippen molar-refractivity contribution < 1.29 is 4.74 Å². The van der Waals surface area contributed by atoms with Crippen LogP contribution in [0.1, 0.15) is 29.4 Å². The normalized spacial score (nSPS) is 9.79. The number of benzene rings is 1. The van der Waals surface area contributed by atoms with E-state index < -0.39 is 0 Å². The maximum atomic E-state index is 5.13. The predicted octanol–water partition coefficient (Wildman–Crippen LogP) is 3.83. The Morgan fingerprint density at radius 2 is 1.84 bits per heavy atom. The molecule has 0 atom stereocenters. The first-order valence-electron chi connectivity index (χ1n) is 6.60. The minimum Gasteiger partial charge on any atom is -0.496 e. The Morgan fingerprint density at radius 1 is 1.16 bits per heavy atom. The van der Waals surface area contributed by atoms with Gasteiger partial charge >= 0.3 is 0 Å². The lowest BCUT2D eigenvalue weighted by Crippen LogP contribution is -1.97. The Bertz CT molecular complexity index is 530. The van der Waals surface area contributed by atoms with E-state index >= 15 is 0 Å². The van der Waals surface area contributed by atoms with Crippen molar-refractivity contribution in [2.45, 2.75) is 41.2 Å². The third kappa shape index (κ3) is 4.12. The summed E-state index contributed by atoms with van der Waals surface area (Å²) in [4.78, 5) is 0. The Balaban J connectivity index is 0.000000191. The number of ether oxygens (including phenoxy) is 1. The number of rotatable bonds is 2. The molecule has 0 spiro atoms. The third-order valence-corrected chi connectivity index (χ3v) is 3.18. The van der Waals surface area contributed by atoms with E-state index in [0.717, 1.165) is 18.0 Å². The predicted molar refractivity (Wildman–Crippen MR) is 79.8 cm³/mol. The molecule has 0 saturated carbocycles. The molecule has 0 aliphatic heterocycles. The van der Waals surface area contributed by atoms with E-state index in [1.54, 1.807) is 7.11 Å². The van der Waals surface area contributed by atoms with Gasteiger partial charge in [-0.2, -0.15) is 5.10 Å². The molecular formula is C16H24N2O. The molecule has 0 fully saturated rings. The van der Waals surface area contributed by atoms with Crippen molar-refractivity contribution in [2.24, 2.45) is 0 Å². The van der Waals surface area contributed by atoms with Crippen LogP contribution >= 0.6 is 0 Å². The maximum Gasteiger partial charge on any atom is 0.122 e. The average molecular weight is 260 g/mol. The van der Waals surface area contributed by atoms with Crippen molar-refractivity contribution in [3.63, 3.8) is 0 Å². The van der Waals surface area contributed by atoms with Gasteiger partial charge in [-0.3, -0.25) is 4.68 Å². The van der Waals surface area contributed by atoms with E-state index in [9.17, 15) is 0 Å². The van der Waals surface area contributed by atoms with Crippen molar-refractivity contribution in [3.8, 4) is 5.75 Å². The number of hydrogen-bond donors (Lipinski definition) is 0. The summed E-state index contributed by atoms with van der Waals surface area (Å²) >= 11 is 0. The summed E-state index contributed by atoms with van der Waals surface area (Å²) in [6, 6.07) is 8.14. The Kier molecular flexibility index (Phi) is 5.61. The van der Waals surface area contributed by atoms with Gasteiger partial charge in [-0.15, -0.1) is 0 Å². The lowest BCUT2D eigenvalue weighted by molar-refractivity contribution is 0.411. The molecule has 0 bridgehead atoms. The van der Waals surface area contributed by atoms with Gasteiger partial charge in [-0.25, -0.2) is 0 Å². The van der Waals surface area contributed by atoms with Gasteiger partial charge in [0.05, 0.1) is 12.8 Å². The van der Waals surface area contributed by atoms with Crippen LogP contribution in [0.25, 0.3) is 0 Å². The fraction of sp³-hybridized carbons (Fsp3) is 0.438. The Labute approximate surface area is 116 Å². The second-order valence-electron chi connectivity index (χ2n) is 4.65. The molecule has 0 aliphatic carbocycles. The highest BCUT2D eigenvalue weighted by molar-refractivity contribution is 5.37. The fourth-order valence-corrected chi connectivity index (χ4v) is 1.94. The Hall–Kier alpha value is -1.77. The summed E-state index contributed by atoms with van der Waals surface area (Å²) in [6.45, 7) is 11.3. The maximum absolute atomic E-state index is 5.13. The van der Waals surface area contributed by atoms with Crippen molar-refractivity contribution in [1.29, 1.82) is 0 Å². The van der Waals surface area contributed by atoms with E-state index in [-0.39, 0.29) is 0 Å². The van der Waals surface area contributed by atoms with Crippen LogP contribution in [0.3, 0.4) is 0 Å². The summed E-state index contributed by atoms with van der Waals surface area (Å²) < 4.78 is 7.12. The molecule has 104 valence electrons. The SMILES string of the molecule is CCn1nc(C)cc1C.COc1cccc(C)c1C. The van der Waals surface area contributed by atoms with Gasteiger partial charge < -0.3 is 4.74 Å². The topological polar surface area (TPSA) is 27.1 Å². The molecule has 1 aromatic heterocycles. The van der Waals surface area contributed by atoms with Gasteiger partial charge in [-0.05, 0) is 57.9 Å². The third-order valence-electron chi connectivity index (χ3n) is 3.18. The van der Waals surface area contributed by atoms with Crippen molar-refractivity contribution in [3.05, 3.63) is 46.8 Å². The first-order valence-corrected chi connectivity index (χ1v) is 6.60. The molecular weight excluding hydrogens is 236 g/mol. The second kappa shape index (κ2) is 6.98. The number of nitrogens with zero attached hydrogens (tertiary/aromatic N) is 2. The first kappa shape index (κ1) is 15.3. The van der Waals surface area contributed by atoms with Crippen molar-refractivity contribution >= 4 is 0 Å². The summed E-state index contributed by atoms with van der Waals surface area (Å²) in [5.74, 6) is 0.972. The van der Waals surface area contributed by atoms with Crippen molar-refractivity contribution in [2.75, 3.05) is 7.11 Å². The lowest BCUT2D eigenvalue weighted by Gasteiger charge is -2.05. The number of aryl methyl sites for hydroxylation is 4. The van der Waals surface area contributed by atoms with Crippen LogP contribution in [0.15, 0.2) is 24.3 Å². The van der Waals surface area contributed by atoms with Crippen LogP contribution in [-0.4, -0.2) is 16.9 Å². The zero-order chi connectivity index (χ0) is 14.4. The van der Waals surface area contributed by atoms with Gasteiger partial charge in [-0.1, -0.05) is 12.1 Å².